The highest BCUT2D eigenvalue weighted by Gasteiger charge is 2.47. The lowest BCUT2D eigenvalue weighted by Gasteiger charge is -2.25. The number of ether oxygens (including phenoxy) is 2. The van der Waals surface area contributed by atoms with Crippen LogP contribution < -0.4 is 14.4 Å². The third-order valence-corrected chi connectivity index (χ3v) is 6.32. The van der Waals surface area contributed by atoms with Crippen LogP contribution in [-0.2, 0) is 9.59 Å². The van der Waals surface area contributed by atoms with E-state index in [-0.39, 0.29) is 18.1 Å². The van der Waals surface area contributed by atoms with E-state index in [4.69, 9.17) is 9.47 Å². The number of H-pyrrole nitrogens is 1. The van der Waals surface area contributed by atoms with E-state index in [1.807, 2.05) is 55.5 Å². The normalized spacial score (nSPS) is 18.7. The van der Waals surface area contributed by atoms with Gasteiger partial charge in [-0.15, -0.1) is 0 Å². The lowest BCUT2D eigenvalue weighted by Crippen LogP contribution is -2.29. The molecular formula is C27H20N2O5. The van der Waals surface area contributed by atoms with Crippen LogP contribution in [0.5, 0.6) is 11.5 Å². The summed E-state index contributed by atoms with van der Waals surface area (Å²) in [6.45, 7) is 2.04. The summed E-state index contributed by atoms with van der Waals surface area (Å²) in [6, 6.07) is 19.2. The van der Waals surface area contributed by atoms with Gasteiger partial charge in [0.15, 0.2) is 11.5 Å². The number of ketones is 1. The second-order valence-electron chi connectivity index (χ2n) is 8.36. The van der Waals surface area contributed by atoms with E-state index in [2.05, 4.69) is 4.98 Å². The van der Waals surface area contributed by atoms with Gasteiger partial charge in [-0.1, -0.05) is 35.9 Å². The van der Waals surface area contributed by atoms with Crippen LogP contribution in [0.2, 0.25) is 0 Å². The van der Waals surface area contributed by atoms with Crippen LogP contribution >= 0.6 is 0 Å². The van der Waals surface area contributed by atoms with E-state index in [1.54, 1.807) is 24.4 Å². The predicted molar refractivity (Wildman–Crippen MR) is 127 cm³/mol. The molecule has 0 aliphatic carbocycles. The third-order valence-electron chi connectivity index (χ3n) is 6.32. The second kappa shape index (κ2) is 7.52. The molecule has 6 rings (SSSR count). The van der Waals surface area contributed by atoms with Crippen LogP contribution in [0.1, 0.15) is 22.7 Å². The highest BCUT2D eigenvalue weighted by Crippen LogP contribution is 2.45. The van der Waals surface area contributed by atoms with Gasteiger partial charge < -0.3 is 19.6 Å². The van der Waals surface area contributed by atoms with Gasteiger partial charge in [-0.25, -0.2) is 0 Å². The highest BCUT2D eigenvalue weighted by atomic mass is 16.7. The van der Waals surface area contributed by atoms with Gasteiger partial charge in [0.1, 0.15) is 5.76 Å². The number of hydrogen-bond acceptors (Lipinski definition) is 5. The number of benzene rings is 3. The molecular weight excluding hydrogens is 432 g/mol. The Balaban J connectivity index is 1.59. The topological polar surface area (TPSA) is 91.9 Å². The van der Waals surface area contributed by atoms with Gasteiger partial charge >= 0.3 is 0 Å². The molecule has 1 fully saturated rings. The number of fused-ring (bicyclic) bond motifs is 2. The molecule has 1 aromatic heterocycles. The lowest BCUT2D eigenvalue weighted by atomic mass is 9.94. The monoisotopic (exact) mass is 452 g/mol. The fourth-order valence-electron chi connectivity index (χ4n) is 4.62. The van der Waals surface area contributed by atoms with E-state index in [0.717, 1.165) is 22.0 Å². The van der Waals surface area contributed by atoms with E-state index < -0.39 is 17.7 Å². The maximum Gasteiger partial charge on any atom is 0.300 e. The first-order chi connectivity index (χ1) is 16.5. The predicted octanol–water partition coefficient (Wildman–Crippen LogP) is 4.83. The summed E-state index contributed by atoms with van der Waals surface area (Å²) in [5.74, 6) is -0.667. The summed E-state index contributed by atoms with van der Waals surface area (Å²) in [5, 5.41) is 12.2. The summed E-state index contributed by atoms with van der Waals surface area (Å²) < 4.78 is 10.8. The number of aliphatic hydroxyl groups is 1. The molecule has 2 aliphatic heterocycles. The van der Waals surface area contributed by atoms with Gasteiger partial charge in [-0.2, -0.15) is 0 Å². The second-order valence-corrected chi connectivity index (χ2v) is 8.36. The van der Waals surface area contributed by atoms with Crippen molar-refractivity contribution in [3.63, 3.8) is 0 Å². The van der Waals surface area contributed by atoms with Gasteiger partial charge in [0.2, 0.25) is 6.79 Å². The number of anilines is 1. The molecule has 0 bridgehead atoms. The number of rotatable bonds is 3. The number of aliphatic hydroxyl groups excluding tert-OH is 1. The number of aryl methyl sites for hydroxylation is 1. The standard InChI is InChI=1S/C27H20N2O5/c1-15-6-9-17(10-7-15)29-24(19-13-28-20-5-3-2-4-18(19)20)23(26(31)27(29)32)25(30)16-8-11-21-22(12-16)34-14-33-21/h2-13,24,28,30H,14H2,1H3/b25-23+. The SMILES string of the molecule is Cc1ccc(N2C(=O)C(=O)/C(=C(/O)c3ccc4c(c3)OCO4)C2c2c[nH]c3ccccc23)cc1. The zero-order chi connectivity index (χ0) is 23.4. The number of carbonyl (C=O) groups is 2. The van der Waals surface area contributed by atoms with Crippen LogP contribution in [-0.4, -0.2) is 28.6 Å². The van der Waals surface area contributed by atoms with Crippen molar-refractivity contribution in [3.8, 4) is 11.5 Å². The third kappa shape index (κ3) is 2.97. The molecule has 1 unspecified atom stereocenters. The van der Waals surface area contributed by atoms with Crippen LogP contribution in [0, 0.1) is 6.92 Å². The first-order valence-corrected chi connectivity index (χ1v) is 10.9. The van der Waals surface area contributed by atoms with Crippen molar-refractivity contribution in [2.75, 3.05) is 11.7 Å². The molecule has 1 saturated heterocycles. The minimum Gasteiger partial charge on any atom is -0.507 e. The number of aromatic amines is 1. The molecule has 7 heteroatoms. The van der Waals surface area contributed by atoms with E-state index in [1.165, 1.54) is 4.90 Å². The van der Waals surface area contributed by atoms with Gasteiger partial charge in [0.25, 0.3) is 11.7 Å². The quantitative estimate of drug-likeness (QED) is 0.264. The zero-order valence-electron chi connectivity index (χ0n) is 18.2. The lowest BCUT2D eigenvalue weighted by molar-refractivity contribution is -0.132. The van der Waals surface area contributed by atoms with Gasteiger partial charge in [-0.3, -0.25) is 14.5 Å². The largest absolute Gasteiger partial charge is 0.507 e. The van der Waals surface area contributed by atoms with Crippen molar-refractivity contribution >= 4 is 34.0 Å². The number of carbonyl (C=O) groups excluding carboxylic acids is 2. The molecule has 34 heavy (non-hydrogen) atoms. The van der Waals surface area contributed by atoms with E-state index in [9.17, 15) is 14.7 Å². The smallest absolute Gasteiger partial charge is 0.300 e. The maximum atomic E-state index is 13.4. The van der Waals surface area contributed by atoms with Gasteiger partial charge in [0, 0.05) is 33.9 Å². The summed E-state index contributed by atoms with van der Waals surface area (Å²) >= 11 is 0. The van der Waals surface area contributed by atoms with Gasteiger partial charge in [-0.05, 0) is 43.3 Å². The Labute approximate surface area is 194 Å². The molecule has 168 valence electrons. The molecule has 0 radical (unpaired) electrons. The van der Waals surface area contributed by atoms with Crippen LogP contribution in [0.4, 0.5) is 5.69 Å². The number of hydrogen-bond donors (Lipinski definition) is 2. The molecule has 4 aromatic rings. The fraction of sp³-hybridized carbons (Fsp3) is 0.111. The number of aromatic nitrogens is 1. The van der Waals surface area contributed by atoms with Crippen molar-refractivity contribution < 1.29 is 24.2 Å². The molecule has 1 atom stereocenters. The summed E-state index contributed by atoms with van der Waals surface area (Å²) in [5.41, 5.74) is 3.59. The minimum atomic E-state index is -0.815. The summed E-state index contributed by atoms with van der Waals surface area (Å²) in [7, 11) is 0. The fourth-order valence-corrected chi connectivity index (χ4v) is 4.62. The molecule has 3 heterocycles. The average molecular weight is 452 g/mol. The average Bonchev–Trinajstić information content (AvgIpc) is 3.55. The zero-order valence-corrected chi connectivity index (χ0v) is 18.2. The molecule has 7 nitrogen and oxygen atoms in total. The first-order valence-electron chi connectivity index (χ1n) is 10.9. The summed E-state index contributed by atoms with van der Waals surface area (Å²) in [6.07, 6.45) is 1.79. The Morgan fingerprint density at radius 3 is 2.59 bits per heavy atom. The molecule has 2 N–H and O–H groups in total. The van der Waals surface area contributed by atoms with E-state index in [0.29, 0.717) is 22.7 Å². The number of amides is 1. The van der Waals surface area contributed by atoms with Crippen molar-refractivity contribution in [1.82, 2.24) is 4.98 Å². The Kier molecular flexibility index (Phi) is 4.45. The highest BCUT2D eigenvalue weighted by molar-refractivity contribution is 6.51. The maximum absolute atomic E-state index is 13.4. The van der Waals surface area contributed by atoms with Crippen molar-refractivity contribution in [3.05, 3.63) is 95.2 Å². The Hall–Kier alpha value is -4.52. The molecule has 0 spiro atoms. The Morgan fingerprint density at radius 1 is 1.00 bits per heavy atom. The van der Waals surface area contributed by atoms with Gasteiger partial charge in [0.05, 0.1) is 11.6 Å². The van der Waals surface area contributed by atoms with Crippen molar-refractivity contribution in [2.24, 2.45) is 0 Å². The number of nitrogens with one attached hydrogen (secondary N) is 1. The Bertz CT molecular complexity index is 1500. The van der Waals surface area contributed by atoms with Crippen molar-refractivity contribution in [1.29, 1.82) is 0 Å². The minimum absolute atomic E-state index is 0.0224. The van der Waals surface area contributed by atoms with Crippen LogP contribution in [0.3, 0.4) is 0 Å². The van der Waals surface area contributed by atoms with E-state index >= 15 is 0 Å². The molecule has 3 aromatic carbocycles. The number of nitrogens with zero attached hydrogens (tertiary/aromatic N) is 1. The molecule has 0 saturated carbocycles. The van der Waals surface area contributed by atoms with Crippen molar-refractivity contribution in [2.45, 2.75) is 13.0 Å². The number of para-hydroxylation sites is 1. The first kappa shape index (κ1) is 20.1. The number of Topliss-reactive ketones (excluding diaryl/α,β-unsaturated/α-hetero) is 1. The Morgan fingerprint density at radius 2 is 1.76 bits per heavy atom. The molecule has 2 aliphatic rings. The summed E-state index contributed by atoms with van der Waals surface area (Å²) in [4.78, 5) is 31.4. The molecule has 1 amide bonds. The van der Waals surface area contributed by atoms with Crippen LogP contribution in [0.15, 0.2) is 78.5 Å². The van der Waals surface area contributed by atoms with Crippen LogP contribution in [0.25, 0.3) is 16.7 Å².